The van der Waals surface area contributed by atoms with Crippen LogP contribution in [0.25, 0.3) is 0 Å². The molecule has 11 nitrogen and oxygen atoms in total. The van der Waals surface area contributed by atoms with Crippen molar-refractivity contribution in [3.63, 3.8) is 0 Å². The Labute approximate surface area is 213 Å². The van der Waals surface area contributed by atoms with Gasteiger partial charge in [-0.3, -0.25) is 9.59 Å². The number of primary sulfonamides is 1. The van der Waals surface area contributed by atoms with Crippen molar-refractivity contribution in [2.24, 2.45) is 5.14 Å². The zero-order chi connectivity index (χ0) is 27.5. The molecule has 37 heavy (non-hydrogen) atoms. The fourth-order valence-corrected chi connectivity index (χ4v) is 5.21. The average molecular weight is 552 g/mol. The molecule has 0 unspecified atom stereocenters. The van der Waals surface area contributed by atoms with Crippen molar-refractivity contribution >= 4 is 31.6 Å². The summed E-state index contributed by atoms with van der Waals surface area (Å²) in [5.41, 5.74) is 0.376. The van der Waals surface area contributed by atoms with Crippen LogP contribution in [0.1, 0.15) is 29.7 Å². The average Bonchev–Trinajstić information content (AvgIpc) is 2.83. The minimum atomic E-state index is -3.97. The number of aromatic nitrogens is 2. The largest absolute Gasteiger partial charge is 0.324 e. The lowest BCUT2D eigenvalue weighted by Crippen LogP contribution is -2.35. The molecule has 198 valence electrons. The fraction of sp³-hybridized carbons (Fsp3) is 0.261. The third-order valence-corrected chi connectivity index (χ3v) is 8.16. The first-order chi connectivity index (χ1) is 17.2. The molecule has 14 heteroatoms. The number of carbonyl (C=O) groups is 1. The molecule has 0 bridgehead atoms. The van der Waals surface area contributed by atoms with Crippen LogP contribution in [0, 0.1) is 19.7 Å². The molecule has 0 aliphatic carbocycles. The Morgan fingerprint density at radius 1 is 1.11 bits per heavy atom. The van der Waals surface area contributed by atoms with Gasteiger partial charge < -0.3 is 5.32 Å². The standard InChI is InChI=1S/C23H26FN5O6S2/c1-14-4-7-18(28-22(30)16(3)29-23(31)15(2)20(24)13-26-29)12-21(14)37(34,35)27-11-10-17-5-8-19(9-6-17)36(25,32)33/h4-9,12-13,16,27H,10-11H2,1-3H3,(H,28,30)(H2,25,32,33)/t16-/m1/s1. The van der Waals surface area contributed by atoms with E-state index in [9.17, 15) is 30.8 Å². The van der Waals surface area contributed by atoms with Gasteiger partial charge in [0.05, 0.1) is 21.6 Å². The zero-order valence-electron chi connectivity index (χ0n) is 20.2. The number of anilines is 1. The Kier molecular flexibility index (Phi) is 8.27. The molecule has 0 fully saturated rings. The second-order valence-electron chi connectivity index (χ2n) is 8.35. The highest BCUT2D eigenvalue weighted by atomic mass is 32.2. The highest BCUT2D eigenvalue weighted by Gasteiger charge is 2.22. The lowest BCUT2D eigenvalue weighted by molar-refractivity contribution is -0.119. The molecule has 0 aliphatic heterocycles. The van der Waals surface area contributed by atoms with Crippen molar-refractivity contribution in [3.8, 4) is 0 Å². The summed E-state index contributed by atoms with van der Waals surface area (Å²) in [6, 6.07) is 8.99. The van der Waals surface area contributed by atoms with Gasteiger partial charge in [0.2, 0.25) is 26.0 Å². The molecule has 1 aromatic heterocycles. The molecule has 0 saturated carbocycles. The summed E-state index contributed by atoms with van der Waals surface area (Å²) in [6.45, 7) is 4.32. The van der Waals surface area contributed by atoms with Crippen molar-refractivity contribution in [2.45, 2.75) is 43.0 Å². The number of hydrogen-bond acceptors (Lipinski definition) is 7. The number of nitrogens with one attached hydrogen (secondary N) is 2. The van der Waals surface area contributed by atoms with Gasteiger partial charge in [-0.15, -0.1) is 0 Å². The zero-order valence-corrected chi connectivity index (χ0v) is 21.9. The maximum absolute atomic E-state index is 13.5. The number of sulfonamides is 2. The topological polar surface area (TPSA) is 170 Å². The van der Waals surface area contributed by atoms with Gasteiger partial charge in [-0.25, -0.2) is 35.8 Å². The van der Waals surface area contributed by atoms with Gasteiger partial charge in [0.1, 0.15) is 6.04 Å². The van der Waals surface area contributed by atoms with Crippen molar-refractivity contribution in [2.75, 3.05) is 11.9 Å². The van der Waals surface area contributed by atoms with E-state index in [2.05, 4.69) is 15.1 Å². The lowest BCUT2D eigenvalue weighted by Gasteiger charge is -2.16. The third-order valence-electron chi connectivity index (χ3n) is 5.63. The van der Waals surface area contributed by atoms with E-state index in [-0.39, 0.29) is 34.0 Å². The van der Waals surface area contributed by atoms with Crippen LogP contribution in [0.2, 0.25) is 0 Å². The van der Waals surface area contributed by atoms with Crippen molar-refractivity contribution in [3.05, 3.63) is 81.5 Å². The van der Waals surface area contributed by atoms with Crippen LogP contribution in [-0.2, 0) is 31.3 Å². The first-order valence-corrected chi connectivity index (χ1v) is 14.0. The minimum absolute atomic E-state index is 0.0304. The van der Waals surface area contributed by atoms with Crippen molar-refractivity contribution < 1.29 is 26.0 Å². The van der Waals surface area contributed by atoms with E-state index in [0.717, 1.165) is 10.9 Å². The summed E-state index contributed by atoms with van der Waals surface area (Å²) < 4.78 is 65.4. The summed E-state index contributed by atoms with van der Waals surface area (Å²) in [6.07, 6.45) is 1.13. The Morgan fingerprint density at radius 2 is 1.76 bits per heavy atom. The summed E-state index contributed by atoms with van der Waals surface area (Å²) >= 11 is 0. The second-order valence-corrected chi connectivity index (χ2v) is 11.6. The number of rotatable bonds is 9. The molecule has 1 heterocycles. The number of amides is 1. The summed E-state index contributed by atoms with van der Waals surface area (Å²) in [5, 5.41) is 11.3. The normalized spacial score (nSPS) is 12.8. The number of halogens is 1. The number of nitrogens with two attached hydrogens (primary N) is 1. The van der Waals surface area contributed by atoms with Crippen molar-refractivity contribution in [1.29, 1.82) is 0 Å². The van der Waals surface area contributed by atoms with Gasteiger partial charge in [-0.05, 0) is 62.6 Å². The van der Waals surface area contributed by atoms with Gasteiger partial charge in [0.25, 0.3) is 5.56 Å². The van der Waals surface area contributed by atoms with E-state index in [1.807, 2.05) is 0 Å². The number of carbonyl (C=O) groups excluding carboxylic acids is 1. The molecule has 0 spiro atoms. The Hall–Kier alpha value is -3.46. The van der Waals surface area contributed by atoms with Crippen LogP contribution in [0.15, 0.2) is 63.2 Å². The van der Waals surface area contributed by atoms with Gasteiger partial charge in [0, 0.05) is 12.2 Å². The smallest absolute Gasteiger partial charge is 0.273 e. The molecule has 2 aromatic carbocycles. The third kappa shape index (κ3) is 6.65. The molecular weight excluding hydrogens is 525 g/mol. The maximum atomic E-state index is 13.5. The van der Waals surface area contributed by atoms with E-state index in [1.165, 1.54) is 44.2 Å². The number of hydrogen-bond donors (Lipinski definition) is 3. The molecule has 0 saturated heterocycles. The first-order valence-electron chi connectivity index (χ1n) is 11.0. The molecule has 4 N–H and O–H groups in total. The summed E-state index contributed by atoms with van der Waals surface area (Å²) in [5.74, 6) is -1.43. The highest BCUT2D eigenvalue weighted by Crippen LogP contribution is 2.21. The molecule has 1 amide bonds. The number of aryl methyl sites for hydroxylation is 1. The monoisotopic (exact) mass is 551 g/mol. The molecule has 0 radical (unpaired) electrons. The van der Waals surface area contributed by atoms with Crippen LogP contribution in [0.5, 0.6) is 0 Å². The Bertz CT molecular complexity index is 1600. The van der Waals surface area contributed by atoms with Crippen LogP contribution in [0.4, 0.5) is 10.1 Å². The van der Waals surface area contributed by atoms with E-state index in [1.54, 1.807) is 19.1 Å². The Morgan fingerprint density at radius 3 is 2.38 bits per heavy atom. The van der Waals surface area contributed by atoms with Crippen LogP contribution in [0.3, 0.4) is 0 Å². The Balaban J connectivity index is 1.71. The van der Waals surface area contributed by atoms with Gasteiger partial charge in [-0.2, -0.15) is 5.10 Å². The van der Waals surface area contributed by atoms with Crippen LogP contribution in [-0.4, -0.2) is 39.1 Å². The molecule has 0 aliphatic rings. The predicted molar refractivity (Wildman–Crippen MR) is 134 cm³/mol. The van der Waals surface area contributed by atoms with E-state index < -0.39 is 43.4 Å². The van der Waals surface area contributed by atoms with Crippen LogP contribution < -0.4 is 20.7 Å². The second kappa shape index (κ2) is 10.9. The predicted octanol–water partition coefficient (Wildman–Crippen LogP) is 1.37. The first kappa shape index (κ1) is 28.1. The maximum Gasteiger partial charge on any atom is 0.273 e. The number of benzene rings is 2. The van der Waals surface area contributed by atoms with E-state index in [0.29, 0.717) is 11.1 Å². The van der Waals surface area contributed by atoms with Gasteiger partial charge in [-0.1, -0.05) is 18.2 Å². The summed E-state index contributed by atoms with van der Waals surface area (Å²) in [7, 11) is -7.79. The molecule has 3 rings (SSSR count). The van der Waals surface area contributed by atoms with Gasteiger partial charge in [0.15, 0.2) is 5.82 Å². The molecular formula is C23H26FN5O6S2. The van der Waals surface area contributed by atoms with Crippen molar-refractivity contribution in [1.82, 2.24) is 14.5 Å². The lowest BCUT2D eigenvalue weighted by atomic mass is 10.2. The molecule has 3 aromatic rings. The van der Waals surface area contributed by atoms with Gasteiger partial charge >= 0.3 is 0 Å². The SMILES string of the molecule is Cc1ccc(NC(=O)[C@@H](C)n2ncc(F)c(C)c2=O)cc1S(=O)(=O)NCCc1ccc(S(N)(=O)=O)cc1. The van der Waals surface area contributed by atoms with E-state index >= 15 is 0 Å². The fourth-order valence-electron chi connectivity index (χ4n) is 3.39. The highest BCUT2D eigenvalue weighted by molar-refractivity contribution is 7.89. The van der Waals surface area contributed by atoms with E-state index in [4.69, 9.17) is 5.14 Å². The summed E-state index contributed by atoms with van der Waals surface area (Å²) in [4.78, 5) is 24.8. The minimum Gasteiger partial charge on any atom is -0.324 e. The van der Waals surface area contributed by atoms with Crippen LogP contribution >= 0.6 is 0 Å². The quantitative estimate of drug-likeness (QED) is 0.360. The number of nitrogens with zero attached hydrogens (tertiary/aromatic N) is 2. The molecule has 1 atom stereocenters.